The molecule has 0 amide bonds. The molecule has 2 heterocycles. The molecule has 23 heavy (non-hydrogen) atoms. The lowest BCUT2D eigenvalue weighted by Gasteiger charge is -2.26. The Balaban J connectivity index is 1.45. The van der Waals surface area contributed by atoms with Crippen LogP contribution in [0.25, 0.3) is 6.08 Å². The number of carboxylic acid groups (broad SMARTS) is 1. The first-order valence-electron chi connectivity index (χ1n) is 7.62. The van der Waals surface area contributed by atoms with E-state index in [1.165, 1.54) is 10.4 Å². The number of carbonyl (C=O) groups is 1. The van der Waals surface area contributed by atoms with Crippen molar-refractivity contribution in [3.05, 3.63) is 57.8 Å². The maximum Gasteiger partial charge on any atom is 0.328 e. The molecule has 0 unspecified atom stereocenters. The van der Waals surface area contributed by atoms with Gasteiger partial charge in [0.2, 0.25) is 0 Å². The lowest BCUT2D eigenvalue weighted by Crippen LogP contribution is -2.33. The van der Waals surface area contributed by atoms with E-state index in [4.69, 9.17) is 9.84 Å². The van der Waals surface area contributed by atoms with Crippen LogP contribution in [0.15, 0.2) is 41.8 Å². The van der Waals surface area contributed by atoms with Crippen molar-refractivity contribution < 1.29 is 14.6 Å². The molecule has 0 saturated heterocycles. The van der Waals surface area contributed by atoms with Crippen LogP contribution in [0, 0.1) is 0 Å². The summed E-state index contributed by atoms with van der Waals surface area (Å²) in [6.45, 7) is 3.68. The van der Waals surface area contributed by atoms with Crippen LogP contribution < -0.4 is 4.74 Å². The molecule has 0 atom stereocenters. The minimum absolute atomic E-state index is 0.657. The summed E-state index contributed by atoms with van der Waals surface area (Å²) in [5.41, 5.74) is 2.30. The van der Waals surface area contributed by atoms with Crippen molar-refractivity contribution in [1.29, 1.82) is 0 Å². The Morgan fingerprint density at radius 3 is 2.91 bits per heavy atom. The van der Waals surface area contributed by atoms with Crippen molar-refractivity contribution in [3.8, 4) is 5.75 Å². The van der Waals surface area contributed by atoms with Gasteiger partial charge < -0.3 is 9.84 Å². The monoisotopic (exact) mass is 329 g/mol. The molecule has 1 aromatic heterocycles. The molecule has 120 valence electrons. The van der Waals surface area contributed by atoms with Crippen LogP contribution in [-0.4, -0.2) is 35.7 Å². The lowest BCUT2D eigenvalue weighted by molar-refractivity contribution is -0.131. The number of ether oxygens (including phenoxy) is 1. The second-order valence-corrected chi connectivity index (χ2v) is 6.48. The van der Waals surface area contributed by atoms with E-state index in [9.17, 15) is 4.79 Å². The molecule has 1 aromatic carbocycles. The van der Waals surface area contributed by atoms with Gasteiger partial charge in [0.25, 0.3) is 0 Å². The highest BCUT2D eigenvalue weighted by Gasteiger charge is 2.16. The van der Waals surface area contributed by atoms with Gasteiger partial charge in [-0.15, -0.1) is 11.3 Å². The van der Waals surface area contributed by atoms with Crippen molar-refractivity contribution in [2.24, 2.45) is 0 Å². The molecule has 1 N–H and O–H groups in total. The van der Waals surface area contributed by atoms with Crippen LogP contribution in [0.3, 0.4) is 0 Å². The van der Waals surface area contributed by atoms with Crippen LogP contribution in [0.4, 0.5) is 0 Å². The Morgan fingerprint density at radius 2 is 2.13 bits per heavy atom. The number of carboxylic acids is 1. The Kier molecular flexibility index (Phi) is 5.10. The smallest absolute Gasteiger partial charge is 0.328 e. The number of aliphatic carboxylic acids is 1. The normalized spacial score (nSPS) is 14.8. The molecular weight excluding hydrogens is 310 g/mol. The number of hydrogen-bond acceptors (Lipinski definition) is 4. The van der Waals surface area contributed by atoms with Gasteiger partial charge in [-0.05, 0) is 47.2 Å². The molecule has 0 spiro atoms. The molecule has 1 aliphatic rings. The quantitative estimate of drug-likeness (QED) is 0.826. The second kappa shape index (κ2) is 7.44. The highest BCUT2D eigenvalue weighted by Crippen LogP contribution is 2.23. The summed E-state index contributed by atoms with van der Waals surface area (Å²) in [5.74, 6) is -0.133. The molecule has 1 aliphatic heterocycles. The highest BCUT2D eigenvalue weighted by molar-refractivity contribution is 7.10. The summed E-state index contributed by atoms with van der Waals surface area (Å²) in [5, 5.41) is 10.8. The summed E-state index contributed by atoms with van der Waals surface area (Å²) in [6, 6.07) is 9.67. The molecule has 5 heteroatoms. The third-order valence-corrected chi connectivity index (χ3v) is 4.88. The van der Waals surface area contributed by atoms with E-state index in [1.54, 1.807) is 6.08 Å². The van der Waals surface area contributed by atoms with Gasteiger partial charge >= 0.3 is 5.97 Å². The predicted octanol–water partition coefficient (Wildman–Crippen LogP) is 3.28. The van der Waals surface area contributed by atoms with Crippen molar-refractivity contribution in [1.82, 2.24) is 4.90 Å². The molecule has 4 nitrogen and oxygen atoms in total. The largest absolute Gasteiger partial charge is 0.492 e. The molecule has 0 radical (unpaired) electrons. The first kappa shape index (κ1) is 15.8. The van der Waals surface area contributed by atoms with Crippen molar-refractivity contribution in [2.45, 2.75) is 13.0 Å². The number of nitrogens with zero attached hydrogens (tertiary/aromatic N) is 1. The molecule has 2 aromatic rings. The standard InChI is InChI=1S/C18H19NO3S/c20-18(21)6-3-14-1-4-16(5-2-14)22-11-10-19-9-7-17-15(13-19)8-12-23-17/h1-6,8,12H,7,9-11,13H2,(H,20,21)/b6-3+. The minimum Gasteiger partial charge on any atom is -0.492 e. The van der Waals surface area contributed by atoms with Gasteiger partial charge in [0, 0.05) is 30.6 Å². The zero-order chi connectivity index (χ0) is 16.1. The molecule has 0 saturated carbocycles. The van der Waals surface area contributed by atoms with Crippen LogP contribution in [0.2, 0.25) is 0 Å². The summed E-state index contributed by atoms with van der Waals surface area (Å²) in [4.78, 5) is 14.4. The van der Waals surface area contributed by atoms with E-state index in [0.717, 1.165) is 43.4 Å². The zero-order valence-corrected chi connectivity index (χ0v) is 13.6. The van der Waals surface area contributed by atoms with E-state index in [1.807, 2.05) is 35.6 Å². The number of benzene rings is 1. The van der Waals surface area contributed by atoms with Gasteiger partial charge in [0.05, 0.1) is 0 Å². The average Bonchev–Trinajstić information content (AvgIpc) is 3.02. The van der Waals surface area contributed by atoms with Gasteiger partial charge in [-0.2, -0.15) is 0 Å². The SMILES string of the molecule is O=C(O)/C=C/c1ccc(OCCN2CCc3sccc3C2)cc1. The Labute approximate surface area is 139 Å². The second-order valence-electron chi connectivity index (χ2n) is 5.48. The third kappa shape index (κ3) is 4.43. The van der Waals surface area contributed by atoms with Gasteiger partial charge in [0.1, 0.15) is 12.4 Å². The van der Waals surface area contributed by atoms with Gasteiger partial charge in [0.15, 0.2) is 0 Å². The maximum absolute atomic E-state index is 10.5. The number of rotatable bonds is 6. The van der Waals surface area contributed by atoms with E-state index in [0.29, 0.717) is 6.61 Å². The third-order valence-electron chi connectivity index (χ3n) is 3.86. The molecule has 0 aliphatic carbocycles. The summed E-state index contributed by atoms with van der Waals surface area (Å²) < 4.78 is 5.78. The topological polar surface area (TPSA) is 49.8 Å². The Bertz CT molecular complexity index is 691. The maximum atomic E-state index is 10.5. The van der Waals surface area contributed by atoms with Gasteiger partial charge in [-0.3, -0.25) is 4.90 Å². The van der Waals surface area contributed by atoms with Gasteiger partial charge in [-0.25, -0.2) is 4.79 Å². The van der Waals surface area contributed by atoms with E-state index in [2.05, 4.69) is 16.3 Å². The Morgan fingerprint density at radius 1 is 1.30 bits per heavy atom. The fourth-order valence-electron chi connectivity index (χ4n) is 2.63. The van der Waals surface area contributed by atoms with E-state index >= 15 is 0 Å². The number of thiophene rings is 1. The van der Waals surface area contributed by atoms with Crippen molar-refractivity contribution in [2.75, 3.05) is 19.7 Å². The highest BCUT2D eigenvalue weighted by atomic mass is 32.1. The fraction of sp³-hybridized carbons (Fsp3) is 0.278. The first-order chi connectivity index (χ1) is 11.2. The molecule has 3 rings (SSSR count). The molecule has 0 fully saturated rings. The molecule has 0 bridgehead atoms. The first-order valence-corrected chi connectivity index (χ1v) is 8.50. The van der Waals surface area contributed by atoms with Crippen LogP contribution in [-0.2, 0) is 17.8 Å². The molecular formula is C18H19NO3S. The van der Waals surface area contributed by atoms with Crippen LogP contribution in [0.1, 0.15) is 16.0 Å². The Hall–Kier alpha value is -2.11. The summed E-state index contributed by atoms with van der Waals surface area (Å²) in [7, 11) is 0. The van der Waals surface area contributed by atoms with E-state index in [-0.39, 0.29) is 0 Å². The predicted molar refractivity (Wildman–Crippen MR) is 91.9 cm³/mol. The van der Waals surface area contributed by atoms with Crippen molar-refractivity contribution >= 4 is 23.4 Å². The van der Waals surface area contributed by atoms with Crippen LogP contribution >= 0.6 is 11.3 Å². The fourth-order valence-corrected chi connectivity index (χ4v) is 3.52. The number of hydrogen-bond donors (Lipinski definition) is 1. The average molecular weight is 329 g/mol. The number of fused-ring (bicyclic) bond motifs is 1. The summed E-state index contributed by atoms with van der Waals surface area (Å²) >= 11 is 1.85. The van der Waals surface area contributed by atoms with Gasteiger partial charge in [-0.1, -0.05) is 12.1 Å². The lowest BCUT2D eigenvalue weighted by atomic mass is 10.1. The minimum atomic E-state index is -0.944. The van der Waals surface area contributed by atoms with Crippen molar-refractivity contribution in [3.63, 3.8) is 0 Å². The summed E-state index contributed by atoms with van der Waals surface area (Å²) in [6.07, 6.45) is 3.83. The van der Waals surface area contributed by atoms with E-state index < -0.39 is 5.97 Å². The van der Waals surface area contributed by atoms with Crippen LogP contribution in [0.5, 0.6) is 5.75 Å². The zero-order valence-electron chi connectivity index (χ0n) is 12.8.